The number of nitrogens with zero attached hydrogens (tertiary/aromatic N) is 4. The Morgan fingerprint density at radius 3 is 2.43 bits per heavy atom. The van der Waals surface area contributed by atoms with Crippen molar-refractivity contribution in [2.45, 2.75) is 0 Å². The zero-order chi connectivity index (χ0) is 16.6. The molecular formula is C14H10ClN7Se. The number of benzene rings is 1. The van der Waals surface area contributed by atoms with Gasteiger partial charge in [0.1, 0.15) is 0 Å². The van der Waals surface area contributed by atoms with Crippen molar-refractivity contribution in [1.82, 2.24) is 4.98 Å². The fourth-order valence-corrected chi connectivity index (χ4v) is 4.04. The van der Waals surface area contributed by atoms with E-state index >= 15 is 0 Å². The standard InChI is InChI=1S/C14H10ClN7Se/c15-6-1-3-7(4-2-6)21-22-12-11(18)9-10(17)8(5-16)23-14(9)20-13(12)19/h1-4H,17H2,(H4,18,19,20). The first-order chi connectivity index (χ1) is 11.0. The van der Waals surface area contributed by atoms with Gasteiger partial charge in [-0.15, -0.1) is 0 Å². The molecule has 0 spiro atoms. The van der Waals surface area contributed by atoms with Crippen LogP contribution in [0.4, 0.5) is 28.6 Å². The van der Waals surface area contributed by atoms with Crippen molar-refractivity contribution in [2.75, 3.05) is 17.2 Å². The van der Waals surface area contributed by atoms with Crippen molar-refractivity contribution >= 4 is 64.4 Å². The van der Waals surface area contributed by atoms with Gasteiger partial charge in [-0.25, -0.2) is 0 Å². The van der Waals surface area contributed by atoms with Gasteiger partial charge in [0.25, 0.3) is 0 Å². The Kier molecular flexibility index (Phi) is 3.92. The van der Waals surface area contributed by atoms with Gasteiger partial charge in [-0.3, -0.25) is 0 Å². The van der Waals surface area contributed by atoms with Gasteiger partial charge in [0.05, 0.1) is 0 Å². The molecule has 3 aromatic rings. The molecule has 2 heterocycles. The molecule has 114 valence electrons. The van der Waals surface area contributed by atoms with Crippen LogP contribution in [-0.4, -0.2) is 19.5 Å². The van der Waals surface area contributed by atoms with Crippen molar-refractivity contribution in [1.29, 1.82) is 5.26 Å². The van der Waals surface area contributed by atoms with Gasteiger partial charge in [-0.05, 0) is 0 Å². The van der Waals surface area contributed by atoms with Gasteiger partial charge in [-0.2, -0.15) is 0 Å². The number of fused-ring (bicyclic) bond motifs is 1. The predicted octanol–water partition coefficient (Wildman–Crippen LogP) is 2.98. The van der Waals surface area contributed by atoms with Crippen molar-refractivity contribution in [3.63, 3.8) is 0 Å². The second-order valence-corrected chi connectivity index (χ2v) is 7.11. The Bertz CT molecular complexity index is 970. The summed E-state index contributed by atoms with van der Waals surface area (Å²) in [6.45, 7) is 0. The van der Waals surface area contributed by atoms with Gasteiger partial charge >= 0.3 is 142 Å². The Morgan fingerprint density at radius 1 is 1.09 bits per heavy atom. The molecule has 3 rings (SSSR count). The maximum absolute atomic E-state index is 9.09. The second-order valence-electron chi connectivity index (χ2n) is 4.57. The molecule has 6 N–H and O–H groups in total. The van der Waals surface area contributed by atoms with Crippen molar-refractivity contribution in [2.24, 2.45) is 10.2 Å². The first kappa shape index (κ1) is 15.3. The molecule has 23 heavy (non-hydrogen) atoms. The Balaban J connectivity index is 2.12. The third kappa shape index (κ3) is 2.73. The molecule has 0 atom stereocenters. The number of nitrogens with two attached hydrogens (primary N) is 3. The van der Waals surface area contributed by atoms with Gasteiger partial charge in [0, 0.05) is 0 Å². The number of anilines is 3. The third-order valence-corrected chi connectivity index (χ3v) is 5.47. The average Bonchev–Trinajstić information content (AvgIpc) is 2.84. The van der Waals surface area contributed by atoms with Gasteiger partial charge in [-0.1, -0.05) is 0 Å². The quantitative estimate of drug-likeness (QED) is 0.456. The molecule has 7 nitrogen and oxygen atoms in total. The van der Waals surface area contributed by atoms with Crippen LogP contribution >= 0.6 is 11.6 Å². The maximum atomic E-state index is 9.09. The van der Waals surface area contributed by atoms with Crippen LogP contribution in [0.15, 0.2) is 34.5 Å². The zero-order valence-corrected chi connectivity index (χ0v) is 14.1. The van der Waals surface area contributed by atoms with E-state index in [1.54, 1.807) is 24.3 Å². The minimum absolute atomic E-state index is 0.160. The van der Waals surface area contributed by atoms with E-state index < -0.39 is 0 Å². The van der Waals surface area contributed by atoms with E-state index in [0.29, 0.717) is 30.6 Å². The normalized spacial score (nSPS) is 11.1. The number of hydrogen-bond acceptors (Lipinski definition) is 7. The number of hydrogen-bond donors (Lipinski definition) is 3. The molecule has 0 aliphatic carbocycles. The second kappa shape index (κ2) is 5.89. The van der Waals surface area contributed by atoms with Crippen LogP contribution in [0.5, 0.6) is 0 Å². The van der Waals surface area contributed by atoms with Crippen LogP contribution in [0.1, 0.15) is 4.44 Å². The van der Waals surface area contributed by atoms with Crippen LogP contribution < -0.4 is 17.2 Å². The fourth-order valence-electron chi connectivity index (χ4n) is 1.99. The molecule has 9 heteroatoms. The van der Waals surface area contributed by atoms with Crippen LogP contribution in [0, 0.1) is 11.3 Å². The molecule has 0 saturated carbocycles. The van der Waals surface area contributed by atoms with Crippen LogP contribution in [0.25, 0.3) is 9.78 Å². The Morgan fingerprint density at radius 2 is 1.78 bits per heavy atom. The van der Waals surface area contributed by atoms with Crippen LogP contribution in [0.2, 0.25) is 5.02 Å². The summed E-state index contributed by atoms with van der Waals surface area (Å²) in [5.41, 5.74) is 19.5. The SMILES string of the molecule is N#Cc1[se]c2nc(N)c(N=Nc3ccc(Cl)cc3)c(N)c2c1N. The summed E-state index contributed by atoms with van der Waals surface area (Å²) >= 11 is 5.53. The fraction of sp³-hybridized carbons (Fsp3) is 0. The van der Waals surface area contributed by atoms with E-state index in [9.17, 15) is 0 Å². The summed E-state index contributed by atoms with van der Waals surface area (Å²) < 4.78 is 1.13. The molecule has 0 radical (unpaired) electrons. The summed E-state index contributed by atoms with van der Waals surface area (Å²) in [6, 6.07) is 8.90. The van der Waals surface area contributed by atoms with E-state index in [1.165, 1.54) is 0 Å². The molecule has 0 aliphatic rings. The molecule has 0 fully saturated rings. The van der Waals surface area contributed by atoms with E-state index in [1.807, 2.05) is 0 Å². The molecule has 2 aromatic heterocycles. The number of rotatable bonds is 2. The minimum atomic E-state index is -0.289. The molecular weight excluding hydrogens is 381 g/mol. The van der Waals surface area contributed by atoms with E-state index in [-0.39, 0.29) is 31.7 Å². The molecule has 0 amide bonds. The van der Waals surface area contributed by atoms with Crippen molar-refractivity contribution in [3.8, 4) is 6.07 Å². The first-order valence-corrected chi connectivity index (χ1v) is 8.44. The van der Waals surface area contributed by atoms with Gasteiger partial charge in [0.15, 0.2) is 0 Å². The number of pyridine rings is 1. The summed E-state index contributed by atoms with van der Waals surface area (Å²) in [7, 11) is 0. The number of halogens is 1. The van der Waals surface area contributed by atoms with E-state index in [4.69, 9.17) is 34.1 Å². The molecule has 1 aromatic carbocycles. The summed E-state index contributed by atoms with van der Waals surface area (Å²) in [4.78, 5) is 4.27. The Hall–Kier alpha value is -2.59. The average molecular weight is 391 g/mol. The number of azo groups is 1. The van der Waals surface area contributed by atoms with Crippen molar-refractivity contribution < 1.29 is 0 Å². The number of nitriles is 1. The van der Waals surface area contributed by atoms with Gasteiger partial charge in [0.2, 0.25) is 0 Å². The molecule has 0 saturated heterocycles. The van der Waals surface area contributed by atoms with Crippen molar-refractivity contribution in [3.05, 3.63) is 33.7 Å². The Labute approximate surface area is 142 Å². The first-order valence-electron chi connectivity index (χ1n) is 6.35. The predicted molar refractivity (Wildman–Crippen MR) is 92.3 cm³/mol. The summed E-state index contributed by atoms with van der Waals surface area (Å²) in [5, 5.41) is 18.4. The topological polar surface area (TPSA) is 139 Å². The van der Waals surface area contributed by atoms with Gasteiger partial charge < -0.3 is 0 Å². The zero-order valence-electron chi connectivity index (χ0n) is 11.6. The number of nitrogen functional groups attached to an aromatic ring is 3. The van der Waals surface area contributed by atoms with Crippen LogP contribution in [0.3, 0.4) is 0 Å². The molecule has 0 unspecified atom stereocenters. The summed E-state index contributed by atoms with van der Waals surface area (Å²) in [5.74, 6) is 0.160. The molecule has 0 bridgehead atoms. The summed E-state index contributed by atoms with van der Waals surface area (Å²) in [6.07, 6.45) is 0. The monoisotopic (exact) mass is 391 g/mol. The van der Waals surface area contributed by atoms with Crippen LogP contribution in [-0.2, 0) is 0 Å². The van der Waals surface area contributed by atoms with E-state index in [2.05, 4.69) is 21.3 Å². The van der Waals surface area contributed by atoms with E-state index in [0.717, 1.165) is 0 Å². The molecule has 0 aliphatic heterocycles. The number of aromatic nitrogens is 1. The third-order valence-electron chi connectivity index (χ3n) is 3.11.